The van der Waals surface area contributed by atoms with Crippen molar-refractivity contribution < 1.29 is 30.3 Å². The van der Waals surface area contributed by atoms with Crippen molar-refractivity contribution in [3.8, 4) is 89.7 Å². The van der Waals surface area contributed by atoms with Gasteiger partial charge in [0.15, 0.2) is 0 Å². The van der Waals surface area contributed by atoms with Gasteiger partial charge in [-0.25, -0.2) is 4.98 Å². The van der Waals surface area contributed by atoms with Crippen molar-refractivity contribution in [2.24, 2.45) is 0 Å². The molecular weight excluding hydrogens is 1110 g/mol. The van der Waals surface area contributed by atoms with Crippen molar-refractivity contribution in [2.75, 3.05) is 0 Å². The predicted octanol–water partition coefficient (Wildman–Crippen LogP) is 19.1. The van der Waals surface area contributed by atoms with E-state index in [1.54, 1.807) is 12.1 Å². The number of imidazole rings is 1. The Bertz CT molecular complexity index is 3810. The first-order valence-electron chi connectivity index (χ1n) is 27.7. The molecule has 0 aliphatic rings. The summed E-state index contributed by atoms with van der Waals surface area (Å²) in [5, 5.41) is 12.9. The number of benzene rings is 8. The van der Waals surface area contributed by atoms with Crippen LogP contribution in [0.1, 0.15) is 115 Å². The second-order valence-corrected chi connectivity index (χ2v) is 24.3. The molecule has 8 aromatic carbocycles. The summed E-state index contributed by atoms with van der Waals surface area (Å²) in [5.74, 6) is 0.853. The number of phenolic OH excluding ortho intramolecular Hbond substituents is 1. The molecule has 5 heteroatoms. The Labute approximate surface area is 470 Å². The first-order valence-corrected chi connectivity index (χ1v) is 26.2. The van der Waals surface area contributed by atoms with Gasteiger partial charge in [-0.05, 0) is 109 Å². The number of nitrogens with zero attached hydrogens (tertiary/aromatic N) is 3. The molecule has 0 aliphatic carbocycles. The molecule has 0 radical (unpaired) electrons. The molecule has 0 fully saturated rings. The van der Waals surface area contributed by atoms with Crippen molar-refractivity contribution in [3.05, 3.63) is 216 Å². The topological polar surface area (TPSA) is 50.9 Å². The van der Waals surface area contributed by atoms with E-state index in [-0.39, 0.29) is 48.5 Å². The van der Waals surface area contributed by atoms with Gasteiger partial charge in [0.05, 0.1) is 22.3 Å². The van der Waals surface area contributed by atoms with E-state index < -0.39 is 6.85 Å². The van der Waals surface area contributed by atoms with Crippen LogP contribution < -0.4 is 0 Å². The number of phenols is 1. The fourth-order valence-corrected chi connectivity index (χ4v) is 10.1. The molecule has 386 valence electrons. The van der Waals surface area contributed by atoms with E-state index in [9.17, 15) is 5.11 Å². The summed E-state index contributed by atoms with van der Waals surface area (Å²) in [7, 11) is 0. The SMILES string of the molecule is [2H]C([2H])([2H])c1ccccc1-c1ccc(-c2ccnc(-c3[c-]c(-c4cccc5c4nc(-c4cc(C(C)(C)C)cc(C(C)(C)C)c4O)n5-c4c(-c5ccccc5)cc(C(C)(C)C)cc4-c4ccccc4)cc(C(C)(C)C)c3)c2)cc1.[Pt]. The van der Waals surface area contributed by atoms with Crippen LogP contribution in [0.15, 0.2) is 182 Å². The number of aryl methyl sites for hydroxylation is 1. The molecule has 0 spiro atoms. The number of para-hydroxylation sites is 1. The Morgan fingerprint density at radius 1 is 0.461 bits per heavy atom. The van der Waals surface area contributed by atoms with Crippen LogP contribution in [0.2, 0.25) is 0 Å². The van der Waals surface area contributed by atoms with Gasteiger partial charge in [0.2, 0.25) is 0 Å². The monoisotopic (exact) mass is 1180 g/mol. The molecule has 76 heavy (non-hydrogen) atoms. The predicted molar refractivity (Wildman–Crippen MR) is 317 cm³/mol. The second kappa shape index (κ2) is 20.4. The van der Waals surface area contributed by atoms with Crippen LogP contribution in [0.25, 0.3) is 95.0 Å². The first kappa shape index (κ1) is 49.7. The summed E-state index contributed by atoms with van der Waals surface area (Å²) < 4.78 is 26.8. The van der Waals surface area contributed by atoms with Gasteiger partial charge in [-0.15, -0.1) is 29.3 Å². The van der Waals surface area contributed by atoms with Crippen LogP contribution in [-0.4, -0.2) is 19.6 Å². The molecule has 2 heterocycles. The molecule has 10 aromatic rings. The van der Waals surface area contributed by atoms with Gasteiger partial charge in [-0.3, -0.25) is 9.55 Å². The Morgan fingerprint density at radius 3 is 1.57 bits per heavy atom. The third-order valence-electron chi connectivity index (χ3n) is 14.6. The summed E-state index contributed by atoms with van der Waals surface area (Å²) in [6.45, 7) is 24.4. The minimum atomic E-state index is -2.23. The Morgan fingerprint density at radius 2 is 0.974 bits per heavy atom. The molecule has 0 amide bonds. The van der Waals surface area contributed by atoms with Crippen LogP contribution in [0.5, 0.6) is 5.75 Å². The minimum Gasteiger partial charge on any atom is -0.507 e. The van der Waals surface area contributed by atoms with E-state index in [2.05, 4.69) is 215 Å². The summed E-state index contributed by atoms with van der Waals surface area (Å²) in [4.78, 5) is 10.8. The summed E-state index contributed by atoms with van der Waals surface area (Å²) in [6, 6.07) is 64.5. The van der Waals surface area contributed by atoms with E-state index in [1.807, 2.05) is 48.7 Å². The maximum absolute atomic E-state index is 12.9. The molecule has 0 saturated carbocycles. The van der Waals surface area contributed by atoms with E-state index in [1.165, 1.54) is 5.56 Å². The number of fused-ring (bicyclic) bond motifs is 1. The standard InChI is InChI=1S/C71H70N3O.Pt/c1-45-23-20-21-28-56(45)49-33-31-46(32-34-49)50-35-36-72-62(40-50)52-37-51(38-53(39-52)68(2,3)4)57-29-22-30-63-64(57)73-67(60-43-55(70(8,9)10)44-61(66(60)75)71(11,12)13)74(63)65-58(47-24-16-14-17-25-47)41-54(69(5,6)7)42-59(65)48-26-18-15-19-27-48;/h14-36,38-44,75H,1-13H3;/q-1;/i1D3;. The Balaban J connectivity index is 0.00000757. The molecule has 0 aliphatic heterocycles. The number of aromatic hydroxyl groups is 1. The average molecular weight is 1180 g/mol. The maximum atomic E-state index is 12.9. The van der Waals surface area contributed by atoms with Crippen molar-refractivity contribution >= 4 is 11.0 Å². The average Bonchev–Trinajstić information content (AvgIpc) is 3.83. The number of pyridine rings is 1. The fourth-order valence-electron chi connectivity index (χ4n) is 10.1. The third-order valence-corrected chi connectivity index (χ3v) is 14.6. The fraction of sp³-hybridized carbons (Fsp3) is 0.239. The van der Waals surface area contributed by atoms with Gasteiger partial charge in [0.25, 0.3) is 0 Å². The molecule has 0 unspecified atom stereocenters. The van der Waals surface area contributed by atoms with Crippen LogP contribution >= 0.6 is 0 Å². The number of hydrogen-bond donors (Lipinski definition) is 1. The van der Waals surface area contributed by atoms with Crippen molar-refractivity contribution in [1.29, 1.82) is 0 Å². The van der Waals surface area contributed by atoms with Gasteiger partial charge in [0, 0.05) is 53.8 Å². The first-order chi connectivity index (χ1) is 36.8. The van der Waals surface area contributed by atoms with E-state index in [0.717, 1.165) is 94.7 Å². The molecule has 0 atom stereocenters. The number of aromatic nitrogens is 3. The number of hydrogen-bond acceptors (Lipinski definition) is 3. The van der Waals surface area contributed by atoms with Gasteiger partial charge in [0.1, 0.15) is 11.6 Å². The zero-order chi connectivity index (χ0) is 55.7. The summed E-state index contributed by atoms with van der Waals surface area (Å²) in [5.41, 5.74) is 18.0. The summed E-state index contributed by atoms with van der Waals surface area (Å²) >= 11 is 0. The van der Waals surface area contributed by atoms with Gasteiger partial charge in [-0.2, -0.15) is 0 Å². The normalized spacial score (nSPS) is 13.0. The van der Waals surface area contributed by atoms with Crippen molar-refractivity contribution in [2.45, 2.75) is 112 Å². The van der Waals surface area contributed by atoms with Gasteiger partial charge in [-0.1, -0.05) is 228 Å². The third kappa shape index (κ3) is 10.5. The van der Waals surface area contributed by atoms with Crippen molar-refractivity contribution in [1.82, 2.24) is 14.5 Å². The summed E-state index contributed by atoms with van der Waals surface area (Å²) in [6.07, 6.45) is 1.85. The van der Waals surface area contributed by atoms with E-state index in [4.69, 9.17) is 14.1 Å². The Hall–Kier alpha value is -7.13. The van der Waals surface area contributed by atoms with Crippen molar-refractivity contribution in [3.63, 3.8) is 0 Å². The van der Waals surface area contributed by atoms with Gasteiger partial charge >= 0.3 is 0 Å². The largest absolute Gasteiger partial charge is 0.507 e. The minimum absolute atomic E-state index is 0. The van der Waals surface area contributed by atoms with Gasteiger partial charge < -0.3 is 5.11 Å². The molecule has 0 bridgehead atoms. The van der Waals surface area contributed by atoms with E-state index >= 15 is 0 Å². The maximum Gasteiger partial charge on any atom is 0.148 e. The number of rotatable bonds is 8. The molecule has 1 N–H and O–H groups in total. The molecule has 4 nitrogen and oxygen atoms in total. The molecular formula is C71H70N3OPt-. The molecule has 10 rings (SSSR count). The zero-order valence-corrected chi connectivity index (χ0v) is 48.2. The Kier molecular flexibility index (Phi) is 13.4. The van der Waals surface area contributed by atoms with Crippen LogP contribution in [0.4, 0.5) is 0 Å². The quantitative estimate of drug-likeness (QED) is 0.154. The van der Waals surface area contributed by atoms with Crippen LogP contribution in [0.3, 0.4) is 0 Å². The zero-order valence-electron chi connectivity index (χ0n) is 48.9. The second-order valence-electron chi connectivity index (χ2n) is 24.3. The van der Waals surface area contributed by atoms with Crippen LogP contribution in [0, 0.1) is 12.9 Å². The molecule has 0 saturated heterocycles. The van der Waals surface area contributed by atoms with E-state index in [0.29, 0.717) is 22.5 Å². The molecule has 2 aromatic heterocycles. The van der Waals surface area contributed by atoms with Crippen LogP contribution in [-0.2, 0) is 42.7 Å². The smallest absolute Gasteiger partial charge is 0.148 e.